The molecule has 5 unspecified atom stereocenters. The topological polar surface area (TPSA) is 154 Å². The third-order valence-electron chi connectivity index (χ3n) is 3.52. The Morgan fingerprint density at radius 3 is 2.57 bits per heavy atom. The van der Waals surface area contributed by atoms with Gasteiger partial charge in [-0.1, -0.05) is 19.0 Å². The van der Waals surface area contributed by atoms with Gasteiger partial charge in [0.15, 0.2) is 6.29 Å². The molecule has 1 rings (SSSR count). The first-order chi connectivity index (χ1) is 9.65. The molecule has 0 aliphatic carbocycles. The summed E-state index contributed by atoms with van der Waals surface area (Å²) in [6.45, 7) is 4.94. The minimum Gasteiger partial charge on any atom is -0.348 e. The number of hydrogen-bond acceptors (Lipinski definition) is 5. The molecule has 10 nitrogen and oxygen atoms in total. The quantitative estimate of drug-likeness (QED) is 0.296. The fraction of sp³-hybridized carbons (Fsp3) is 0.900. The van der Waals surface area contributed by atoms with Gasteiger partial charge >= 0.3 is 7.82 Å². The van der Waals surface area contributed by atoms with Crippen LogP contribution in [-0.2, 0) is 18.6 Å². The van der Waals surface area contributed by atoms with Crippen LogP contribution in [0.3, 0.4) is 0 Å². The molecule has 0 radical (unpaired) electrons. The Morgan fingerprint density at radius 2 is 2.10 bits per heavy atom. The Balaban J connectivity index is 2.97. The second kappa shape index (κ2) is 7.22. The molecule has 1 amide bonds. The molecule has 1 heterocycles. The highest BCUT2D eigenvalue weighted by atomic mass is 31.2. The Hall–Kier alpha value is -1.15. The van der Waals surface area contributed by atoms with Crippen molar-refractivity contribution in [2.24, 2.45) is 17.0 Å². The largest absolute Gasteiger partial charge is 0.472 e. The molecule has 0 aromatic heterocycles. The van der Waals surface area contributed by atoms with Gasteiger partial charge in [0.2, 0.25) is 5.91 Å². The molecule has 120 valence electrons. The molecular formula is C10H19N4O6P. The van der Waals surface area contributed by atoms with Gasteiger partial charge < -0.3 is 19.8 Å². The van der Waals surface area contributed by atoms with Gasteiger partial charge in [0.1, 0.15) is 0 Å². The third kappa shape index (κ3) is 5.28. The third-order valence-corrected chi connectivity index (χ3v) is 4.00. The number of ether oxygens (including phenoxy) is 1. The van der Waals surface area contributed by atoms with Crippen LogP contribution in [0.15, 0.2) is 5.11 Å². The number of amides is 1. The number of nitrogens with one attached hydrogen (secondary N) is 1. The van der Waals surface area contributed by atoms with E-state index in [4.69, 9.17) is 20.1 Å². The van der Waals surface area contributed by atoms with Gasteiger partial charge in [-0.15, -0.1) is 0 Å². The van der Waals surface area contributed by atoms with E-state index in [-0.39, 0.29) is 24.3 Å². The van der Waals surface area contributed by atoms with Crippen molar-refractivity contribution in [2.45, 2.75) is 39.2 Å². The molecule has 0 aromatic rings. The van der Waals surface area contributed by atoms with Crippen molar-refractivity contribution in [3.8, 4) is 0 Å². The minimum atomic E-state index is -4.79. The lowest BCUT2D eigenvalue weighted by Crippen LogP contribution is -2.57. The van der Waals surface area contributed by atoms with E-state index < -0.39 is 26.3 Å². The van der Waals surface area contributed by atoms with Crippen molar-refractivity contribution in [1.29, 1.82) is 0 Å². The standard InChI is InChI=1S/C10H19N4O6P/c1-5-6(2)9(13-7(3)15)10(20-21(16,17)18)19-8(5)4-12-14-11/h5-6,8-10H,4H2,1-3H3,(H,13,15)(H2,16,17,18). The normalized spacial score (nSPS) is 33.1. The lowest BCUT2D eigenvalue weighted by Gasteiger charge is -2.44. The van der Waals surface area contributed by atoms with Crippen LogP contribution in [0.5, 0.6) is 0 Å². The van der Waals surface area contributed by atoms with Crippen LogP contribution in [0.2, 0.25) is 0 Å². The minimum absolute atomic E-state index is 0.00974. The van der Waals surface area contributed by atoms with Crippen LogP contribution < -0.4 is 5.32 Å². The predicted octanol–water partition coefficient (Wildman–Crippen LogP) is 0.908. The fourth-order valence-corrected chi connectivity index (χ4v) is 2.73. The van der Waals surface area contributed by atoms with Crippen molar-refractivity contribution in [3.05, 3.63) is 10.4 Å². The van der Waals surface area contributed by atoms with Gasteiger partial charge in [-0.25, -0.2) is 4.57 Å². The summed E-state index contributed by atoms with van der Waals surface area (Å²) in [5.74, 6) is -0.669. The predicted molar refractivity (Wildman–Crippen MR) is 71.7 cm³/mol. The van der Waals surface area contributed by atoms with Crippen LogP contribution in [0.25, 0.3) is 10.4 Å². The zero-order valence-corrected chi connectivity index (χ0v) is 12.8. The van der Waals surface area contributed by atoms with E-state index in [0.29, 0.717) is 0 Å². The number of rotatable bonds is 5. The molecule has 0 saturated carbocycles. The molecule has 21 heavy (non-hydrogen) atoms. The van der Waals surface area contributed by atoms with E-state index >= 15 is 0 Å². The van der Waals surface area contributed by atoms with Crippen molar-refractivity contribution in [2.75, 3.05) is 6.54 Å². The van der Waals surface area contributed by atoms with Crippen LogP contribution in [0, 0.1) is 11.8 Å². The summed E-state index contributed by atoms with van der Waals surface area (Å²) in [7, 11) is -4.79. The van der Waals surface area contributed by atoms with E-state index in [2.05, 4.69) is 19.9 Å². The highest BCUT2D eigenvalue weighted by Crippen LogP contribution is 2.42. The second-order valence-corrected chi connectivity index (χ2v) is 6.19. The number of azide groups is 1. The van der Waals surface area contributed by atoms with Crippen LogP contribution in [-0.4, -0.2) is 40.7 Å². The molecule has 11 heteroatoms. The summed E-state index contributed by atoms with van der Waals surface area (Å²) in [4.78, 5) is 31.8. The van der Waals surface area contributed by atoms with Crippen LogP contribution in [0.1, 0.15) is 20.8 Å². The monoisotopic (exact) mass is 322 g/mol. The van der Waals surface area contributed by atoms with E-state index in [0.717, 1.165) is 0 Å². The Morgan fingerprint density at radius 1 is 1.48 bits per heavy atom. The second-order valence-electron chi connectivity index (χ2n) is 5.00. The molecule has 0 spiro atoms. The maximum absolute atomic E-state index is 11.2. The van der Waals surface area contributed by atoms with Crippen LogP contribution >= 0.6 is 7.82 Å². The SMILES string of the molecule is CC(=O)NC1C(OP(=O)(O)O)OC(CN=[N+]=[N-])C(C)C1C. The van der Waals surface area contributed by atoms with E-state index in [1.54, 1.807) is 6.92 Å². The zero-order chi connectivity index (χ0) is 16.2. The van der Waals surface area contributed by atoms with Gasteiger partial charge in [-0.05, 0) is 17.4 Å². The van der Waals surface area contributed by atoms with Gasteiger partial charge in [-0.3, -0.25) is 9.32 Å². The van der Waals surface area contributed by atoms with Gasteiger partial charge in [0.25, 0.3) is 0 Å². The van der Waals surface area contributed by atoms with Crippen LogP contribution in [0.4, 0.5) is 0 Å². The number of carbonyl (C=O) groups is 1. The Bertz CT molecular complexity index is 476. The van der Waals surface area contributed by atoms with Gasteiger partial charge in [0, 0.05) is 11.8 Å². The molecule has 1 aliphatic rings. The molecule has 3 N–H and O–H groups in total. The molecule has 0 bridgehead atoms. The number of hydrogen-bond donors (Lipinski definition) is 3. The number of nitrogens with zero attached hydrogens (tertiary/aromatic N) is 3. The summed E-state index contributed by atoms with van der Waals surface area (Å²) in [6.07, 6.45) is -1.88. The summed E-state index contributed by atoms with van der Waals surface area (Å²) in [5, 5.41) is 5.99. The van der Waals surface area contributed by atoms with E-state index in [9.17, 15) is 9.36 Å². The summed E-state index contributed by atoms with van der Waals surface area (Å²) in [6, 6.07) is -0.715. The molecule has 1 aliphatic heterocycles. The fourth-order valence-electron chi connectivity index (χ4n) is 2.28. The molecule has 5 atom stereocenters. The first-order valence-corrected chi connectivity index (χ1v) is 7.86. The smallest absolute Gasteiger partial charge is 0.348 e. The highest BCUT2D eigenvalue weighted by Gasteiger charge is 2.44. The molecule has 1 saturated heterocycles. The van der Waals surface area contributed by atoms with Crippen molar-refractivity contribution in [1.82, 2.24) is 5.32 Å². The summed E-state index contributed by atoms with van der Waals surface area (Å²) < 4.78 is 21.1. The maximum atomic E-state index is 11.2. The molecule has 1 fully saturated rings. The Labute approximate surface area is 121 Å². The summed E-state index contributed by atoms with van der Waals surface area (Å²) >= 11 is 0. The molecular weight excluding hydrogens is 303 g/mol. The van der Waals surface area contributed by atoms with Crippen molar-refractivity contribution >= 4 is 13.7 Å². The van der Waals surface area contributed by atoms with E-state index in [1.165, 1.54) is 6.92 Å². The first-order valence-electron chi connectivity index (χ1n) is 6.33. The zero-order valence-electron chi connectivity index (χ0n) is 11.9. The van der Waals surface area contributed by atoms with E-state index in [1.807, 2.05) is 6.92 Å². The van der Waals surface area contributed by atoms with Gasteiger partial charge in [-0.2, -0.15) is 0 Å². The lowest BCUT2D eigenvalue weighted by atomic mass is 9.82. The average Bonchev–Trinajstić information content (AvgIpc) is 2.34. The average molecular weight is 322 g/mol. The highest BCUT2D eigenvalue weighted by molar-refractivity contribution is 7.46. The maximum Gasteiger partial charge on any atom is 0.472 e. The number of carbonyl (C=O) groups excluding carboxylic acids is 1. The van der Waals surface area contributed by atoms with Gasteiger partial charge in [0.05, 0.1) is 18.7 Å². The first kappa shape index (κ1) is 17.9. The number of phosphoric acid groups is 1. The van der Waals surface area contributed by atoms with Crippen molar-refractivity contribution < 1.29 is 28.4 Å². The molecule has 0 aromatic carbocycles. The lowest BCUT2D eigenvalue weighted by molar-refractivity contribution is -0.202. The Kier molecular flexibility index (Phi) is 6.15. The van der Waals surface area contributed by atoms with Crippen molar-refractivity contribution in [3.63, 3.8) is 0 Å². The number of phosphoric ester groups is 1. The summed E-state index contributed by atoms with van der Waals surface area (Å²) in [5.41, 5.74) is 8.36.